The van der Waals surface area contributed by atoms with Gasteiger partial charge in [-0.2, -0.15) is 14.5 Å². The molecule has 5 rings (SSSR count). The van der Waals surface area contributed by atoms with Gasteiger partial charge < -0.3 is 9.47 Å². The molecular weight excluding hydrogens is 456 g/mol. The maximum absolute atomic E-state index is 12.5. The number of tetrazole rings is 1. The van der Waals surface area contributed by atoms with Crippen LogP contribution in [0.15, 0.2) is 41.2 Å². The average Bonchev–Trinajstić information content (AvgIpc) is 3.56. The van der Waals surface area contributed by atoms with Crippen molar-refractivity contribution in [2.45, 2.75) is 32.3 Å². The fraction of sp³-hybridized carbons (Fsp3) is 0.333. The summed E-state index contributed by atoms with van der Waals surface area (Å²) in [6.07, 6.45) is 2.27. The van der Waals surface area contributed by atoms with Crippen molar-refractivity contribution in [3.05, 3.63) is 68.6 Å². The summed E-state index contributed by atoms with van der Waals surface area (Å²) in [6, 6.07) is 11.8. The van der Waals surface area contributed by atoms with Crippen LogP contribution in [0, 0.1) is 6.92 Å². The number of halogens is 1. The maximum Gasteiger partial charge on any atom is 0.368 e. The van der Waals surface area contributed by atoms with Gasteiger partial charge in [0.15, 0.2) is 0 Å². The van der Waals surface area contributed by atoms with Crippen LogP contribution in [-0.4, -0.2) is 36.7 Å². The molecule has 2 aromatic heterocycles. The highest BCUT2D eigenvalue weighted by molar-refractivity contribution is 6.34. The summed E-state index contributed by atoms with van der Waals surface area (Å²) in [5, 5.41) is 12.9. The van der Waals surface area contributed by atoms with Gasteiger partial charge >= 0.3 is 5.69 Å². The predicted molar refractivity (Wildman–Crippen MR) is 128 cm³/mol. The lowest BCUT2D eigenvalue weighted by atomic mass is 10.0. The number of methoxy groups -OCH3 is 1. The van der Waals surface area contributed by atoms with Crippen molar-refractivity contribution in [2.75, 3.05) is 7.11 Å². The van der Waals surface area contributed by atoms with E-state index in [0.29, 0.717) is 34.8 Å². The third-order valence-electron chi connectivity index (χ3n) is 6.11. The van der Waals surface area contributed by atoms with Gasteiger partial charge in [0.25, 0.3) is 0 Å². The Balaban J connectivity index is 1.46. The molecule has 9 nitrogen and oxygen atoms in total. The van der Waals surface area contributed by atoms with Crippen LogP contribution in [0.5, 0.6) is 11.6 Å². The fourth-order valence-corrected chi connectivity index (χ4v) is 4.53. The van der Waals surface area contributed by atoms with E-state index in [4.69, 9.17) is 21.1 Å². The molecule has 0 spiro atoms. The normalized spacial score (nSPS) is 13.3. The van der Waals surface area contributed by atoms with E-state index in [-0.39, 0.29) is 5.69 Å². The first kappa shape index (κ1) is 22.2. The second-order valence-electron chi connectivity index (χ2n) is 8.48. The van der Waals surface area contributed by atoms with E-state index >= 15 is 0 Å². The molecule has 34 heavy (non-hydrogen) atoms. The number of nitrogens with zero attached hydrogens (tertiary/aromatic N) is 6. The lowest BCUT2D eigenvalue weighted by molar-refractivity contribution is 0.302. The molecule has 0 unspecified atom stereocenters. The maximum atomic E-state index is 12.5. The second-order valence-corrected chi connectivity index (χ2v) is 8.86. The third kappa shape index (κ3) is 3.86. The van der Waals surface area contributed by atoms with E-state index in [2.05, 4.69) is 21.6 Å². The van der Waals surface area contributed by atoms with Crippen molar-refractivity contribution >= 4 is 11.6 Å². The van der Waals surface area contributed by atoms with Crippen LogP contribution in [0.4, 0.5) is 0 Å². The smallest absolute Gasteiger partial charge is 0.368 e. The minimum absolute atomic E-state index is 0.294. The Morgan fingerprint density at radius 3 is 2.53 bits per heavy atom. The fourth-order valence-electron chi connectivity index (χ4n) is 4.19. The Hall–Kier alpha value is -3.59. The Bertz CT molecular complexity index is 1430. The topological polar surface area (TPSA) is 89.0 Å². The van der Waals surface area contributed by atoms with Gasteiger partial charge in [0.1, 0.15) is 23.1 Å². The molecule has 10 heteroatoms. The third-order valence-corrected chi connectivity index (χ3v) is 6.45. The minimum Gasteiger partial charge on any atom is -0.489 e. The predicted octanol–water partition coefficient (Wildman–Crippen LogP) is 3.79. The Kier molecular flexibility index (Phi) is 5.65. The number of hydrogen-bond donors (Lipinski definition) is 0. The van der Waals surface area contributed by atoms with Gasteiger partial charge in [-0.1, -0.05) is 23.7 Å². The molecule has 0 aliphatic heterocycles. The zero-order valence-corrected chi connectivity index (χ0v) is 20.2. The van der Waals surface area contributed by atoms with Crippen molar-refractivity contribution in [1.82, 2.24) is 29.6 Å². The first-order valence-corrected chi connectivity index (χ1v) is 11.4. The summed E-state index contributed by atoms with van der Waals surface area (Å²) >= 11 is 6.46. The quantitative estimate of drug-likeness (QED) is 0.400. The molecule has 1 aliphatic carbocycles. The SMILES string of the molecule is COc1c(Cl)c(-c2ccc(OCc3c(C4CC4)cccc3-n3nnn(C)c3=O)c(C)c2)nn1C. The van der Waals surface area contributed by atoms with Gasteiger partial charge in [0.2, 0.25) is 5.88 Å². The van der Waals surface area contributed by atoms with Gasteiger partial charge in [0.05, 0.1) is 12.8 Å². The van der Waals surface area contributed by atoms with E-state index < -0.39 is 0 Å². The van der Waals surface area contributed by atoms with Crippen molar-refractivity contribution < 1.29 is 9.47 Å². The first-order chi connectivity index (χ1) is 16.4. The van der Waals surface area contributed by atoms with E-state index in [0.717, 1.165) is 35.3 Å². The standard InChI is InChI=1S/C24H25ClN6O3/c1-14-12-16(22-21(25)23(33-4)29(2)26-22)10-11-20(14)34-13-18-17(15-8-9-15)6-5-7-19(18)31-24(32)30(3)27-28-31/h5-7,10-12,15H,8-9,13H2,1-4H3. The number of aromatic nitrogens is 6. The Morgan fingerprint density at radius 1 is 1.12 bits per heavy atom. The first-order valence-electron chi connectivity index (χ1n) is 11.0. The molecule has 0 N–H and O–H groups in total. The lowest BCUT2D eigenvalue weighted by Crippen LogP contribution is -2.23. The minimum atomic E-state index is -0.294. The molecule has 0 atom stereocenters. The van der Waals surface area contributed by atoms with Crippen LogP contribution in [0.3, 0.4) is 0 Å². The summed E-state index contributed by atoms with van der Waals surface area (Å²) in [7, 11) is 4.94. The molecule has 176 valence electrons. The number of benzene rings is 2. The molecule has 1 saturated carbocycles. The molecule has 1 fully saturated rings. The molecular formula is C24H25ClN6O3. The summed E-state index contributed by atoms with van der Waals surface area (Å²) < 4.78 is 15.7. The van der Waals surface area contributed by atoms with E-state index in [1.54, 1.807) is 25.9 Å². The highest BCUT2D eigenvalue weighted by Crippen LogP contribution is 2.43. The van der Waals surface area contributed by atoms with Crippen LogP contribution in [0.2, 0.25) is 5.02 Å². The molecule has 0 bridgehead atoms. The number of hydrogen-bond acceptors (Lipinski definition) is 6. The van der Waals surface area contributed by atoms with Gasteiger partial charge in [-0.15, -0.1) is 0 Å². The van der Waals surface area contributed by atoms with Gasteiger partial charge in [0, 0.05) is 25.2 Å². The zero-order chi connectivity index (χ0) is 24.0. The van der Waals surface area contributed by atoms with Crippen molar-refractivity contribution in [1.29, 1.82) is 0 Å². The molecule has 1 aliphatic rings. The van der Waals surface area contributed by atoms with Crippen molar-refractivity contribution in [3.63, 3.8) is 0 Å². The number of ether oxygens (including phenoxy) is 2. The summed E-state index contributed by atoms with van der Waals surface area (Å²) in [5.74, 6) is 1.74. The molecule has 2 aromatic carbocycles. The molecule has 0 saturated heterocycles. The van der Waals surface area contributed by atoms with E-state index in [1.807, 2.05) is 37.3 Å². The summed E-state index contributed by atoms with van der Waals surface area (Å²) in [6.45, 7) is 2.29. The van der Waals surface area contributed by atoms with Crippen LogP contribution in [0.25, 0.3) is 16.9 Å². The molecule has 0 amide bonds. The van der Waals surface area contributed by atoms with E-state index in [9.17, 15) is 4.79 Å². The zero-order valence-electron chi connectivity index (χ0n) is 19.4. The number of rotatable bonds is 7. The average molecular weight is 481 g/mol. The number of aryl methyl sites for hydroxylation is 3. The highest BCUT2D eigenvalue weighted by Gasteiger charge is 2.28. The van der Waals surface area contributed by atoms with Crippen LogP contribution >= 0.6 is 11.6 Å². The van der Waals surface area contributed by atoms with E-state index in [1.165, 1.54) is 14.9 Å². The van der Waals surface area contributed by atoms with Crippen LogP contribution in [0.1, 0.15) is 35.4 Å². The Labute approximate surface area is 201 Å². The van der Waals surface area contributed by atoms with Crippen molar-refractivity contribution in [2.24, 2.45) is 14.1 Å². The summed E-state index contributed by atoms with van der Waals surface area (Å²) in [4.78, 5) is 12.5. The highest BCUT2D eigenvalue weighted by atomic mass is 35.5. The summed E-state index contributed by atoms with van der Waals surface area (Å²) in [5.41, 5.74) is 5.02. The largest absolute Gasteiger partial charge is 0.489 e. The lowest BCUT2D eigenvalue weighted by Gasteiger charge is -2.16. The molecule has 4 aromatic rings. The van der Waals surface area contributed by atoms with Gasteiger partial charge in [-0.05, 0) is 71.5 Å². The van der Waals surface area contributed by atoms with Crippen molar-refractivity contribution in [3.8, 4) is 28.6 Å². The van der Waals surface area contributed by atoms with Crippen LogP contribution in [-0.2, 0) is 20.7 Å². The molecule has 2 heterocycles. The molecule has 0 radical (unpaired) electrons. The Morgan fingerprint density at radius 2 is 1.91 bits per heavy atom. The second kappa shape index (κ2) is 8.64. The van der Waals surface area contributed by atoms with Gasteiger partial charge in [-0.3, -0.25) is 0 Å². The van der Waals surface area contributed by atoms with Gasteiger partial charge in [-0.25, -0.2) is 9.48 Å². The van der Waals surface area contributed by atoms with Crippen LogP contribution < -0.4 is 15.2 Å². The monoisotopic (exact) mass is 480 g/mol.